The predicted molar refractivity (Wildman–Crippen MR) is 371 cm³/mol. The number of aliphatic hydroxyl groups is 5. The van der Waals surface area contributed by atoms with Crippen LogP contribution in [0.25, 0.3) is 0 Å². The van der Waals surface area contributed by atoms with Gasteiger partial charge < -0.3 is 45.1 Å². The first-order valence-electron chi connectivity index (χ1n) is 38.3. The molecule has 88 heavy (non-hydrogen) atoms. The molecule has 0 aromatic carbocycles. The van der Waals surface area contributed by atoms with Gasteiger partial charge in [0.15, 0.2) is 6.29 Å². The van der Waals surface area contributed by atoms with E-state index in [9.17, 15) is 35.1 Å². The molecular formula is C77H145NO10. The van der Waals surface area contributed by atoms with Gasteiger partial charge in [0.1, 0.15) is 24.4 Å². The first kappa shape index (κ1) is 83.9. The maximum absolute atomic E-state index is 13.0. The largest absolute Gasteiger partial charge is 0.466 e. The van der Waals surface area contributed by atoms with Crippen LogP contribution in [0.15, 0.2) is 36.5 Å². The van der Waals surface area contributed by atoms with Crippen LogP contribution in [-0.2, 0) is 23.8 Å². The van der Waals surface area contributed by atoms with E-state index in [-0.39, 0.29) is 18.5 Å². The lowest BCUT2D eigenvalue weighted by Gasteiger charge is -2.40. The molecular weight excluding hydrogens is 1100 g/mol. The van der Waals surface area contributed by atoms with Gasteiger partial charge in [-0.2, -0.15) is 0 Å². The first-order valence-corrected chi connectivity index (χ1v) is 38.3. The fourth-order valence-electron chi connectivity index (χ4n) is 12.2. The summed E-state index contributed by atoms with van der Waals surface area (Å²) in [6.45, 7) is 4.36. The van der Waals surface area contributed by atoms with Gasteiger partial charge in [-0.25, -0.2) is 0 Å². The maximum atomic E-state index is 13.0. The van der Waals surface area contributed by atoms with Crippen LogP contribution in [-0.4, -0.2) is 100 Å². The number of carbonyl (C=O) groups excluding carboxylic acids is 2. The highest BCUT2D eigenvalue weighted by molar-refractivity contribution is 5.76. The van der Waals surface area contributed by atoms with Crippen molar-refractivity contribution in [3.8, 4) is 0 Å². The smallest absolute Gasteiger partial charge is 0.305 e. The zero-order valence-electron chi connectivity index (χ0n) is 57.7. The molecule has 0 bridgehead atoms. The summed E-state index contributed by atoms with van der Waals surface area (Å²) in [5.41, 5.74) is 0. The summed E-state index contributed by atoms with van der Waals surface area (Å²) in [4.78, 5) is 25.1. The molecule has 0 saturated carbocycles. The highest BCUT2D eigenvalue weighted by Crippen LogP contribution is 2.24. The van der Waals surface area contributed by atoms with E-state index in [0.717, 1.165) is 57.8 Å². The van der Waals surface area contributed by atoms with Crippen molar-refractivity contribution in [3.05, 3.63) is 36.5 Å². The van der Waals surface area contributed by atoms with Crippen LogP contribution < -0.4 is 5.32 Å². The van der Waals surface area contributed by atoms with Crippen molar-refractivity contribution in [2.24, 2.45) is 0 Å². The number of aliphatic hydroxyl groups excluding tert-OH is 5. The van der Waals surface area contributed by atoms with E-state index in [2.05, 4.69) is 43.5 Å². The third-order valence-corrected chi connectivity index (χ3v) is 18.2. The summed E-state index contributed by atoms with van der Waals surface area (Å²) in [6.07, 6.45) is 76.0. The van der Waals surface area contributed by atoms with Crippen molar-refractivity contribution in [2.75, 3.05) is 19.8 Å². The van der Waals surface area contributed by atoms with Crippen LogP contribution in [0.3, 0.4) is 0 Å². The summed E-state index contributed by atoms with van der Waals surface area (Å²) < 4.78 is 16.7. The van der Waals surface area contributed by atoms with Gasteiger partial charge in [0.05, 0.1) is 32.0 Å². The number of nitrogens with one attached hydrogen (secondary N) is 1. The number of allylic oxidation sites excluding steroid dienone is 5. The average molecular weight is 1250 g/mol. The topological polar surface area (TPSA) is 175 Å². The number of unbranched alkanes of at least 4 members (excludes halogenated alkanes) is 50. The predicted octanol–water partition coefficient (Wildman–Crippen LogP) is 20.1. The van der Waals surface area contributed by atoms with Gasteiger partial charge in [-0.05, 0) is 83.5 Å². The fraction of sp³-hybridized carbons (Fsp3) is 0.896. The minimum Gasteiger partial charge on any atom is -0.466 e. The second kappa shape index (κ2) is 66.3. The van der Waals surface area contributed by atoms with Gasteiger partial charge in [0.2, 0.25) is 5.91 Å². The normalized spacial score (nSPS) is 17.9. The maximum Gasteiger partial charge on any atom is 0.305 e. The van der Waals surface area contributed by atoms with E-state index in [4.69, 9.17) is 14.2 Å². The first-order chi connectivity index (χ1) is 43.2. The molecule has 0 aliphatic carbocycles. The minimum absolute atomic E-state index is 0.00602. The third-order valence-electron chi connectivity index (χ3n) is 18.2. The van der Waals surface area contributed by atoms with E-state index >= 15 is 0 Å². The highest BCUT2D eigenvalue weighted by atomic mass is 16.7. The summed E-state index contributed by atoms with van der Waals surface area (Å²) in [5.74, 6) is -0.172. The lowest BCUT2D eigenvalue weighted by atomic mass is 9.99. The molecule has 1 saturated heterocycles. The summed E-state index contributed by atoms with van der Waals surface area (Å²) in [6, 6.07) is -0.806. The molecule has 11 nitrogen and oxygen atoms in total. The van der Waals surface area contributed by atoms with Crippen molar-refractivity contribution in [2.45, 2.75) is 423 Å². The van der Waals surface area contributed by atoms with Crippen molar-refractivity contribution >= 4 is 11.9 Å². The molecule has 7 unspecified atom stereocenters. The fourth-order valence-corrected chi connectivity index (χ4v) is 12.2. The van der Waals surface area contributed by atoms with Crippen LogP contribution >= 0.6 is 0 Å². The van der Waals surface area contributed by atoms with Gasteiger partial charge in [-0.3, -0.25) is 9.59 Å². The van der Waals surface area contributed by atoms with Crippen molar-refractivity contribution < 1.29 is 49.3 Å². The van der Waals surface area contributed by atoms with E-state index < -0.39 is 49.5 Å². The van der Waals surface area contributed by atoms with Crippen molar-refractivity contribution in [3.63, 3.8) is 0 Å². The Hall–Kier alpha value is -2.12. The van der Waals surface area contributed by atoms with Crippen LogP contribution in [0, 0.1) is 0 Å². The van der Waals surface area contributed by atoms with Gasteiger partial charge in [-0.15, -0.1) is 0 Å². The molecule has 11 heteroatoms. The lowest BCUT2D eigenvalue weighted by Crippen LogP contribution is -2.60. The van der Waals surface area contributed by atoms with Crippen molar-refractivity contribution in [1.82, 2.24) is 5.32 Å². The molecule has 1 heterocycles. The Morgan fingerprint density at radius 2 is 0.727 bits per heavy atom. The minimum atomic E-state index is -1.57. The van der Waals surface area contributed by atoms with Crippen LogP contribution in [0.1, 0.15) is 380 Å². The number of carbonyl (C=O) groups is 2. The average Bonchev–Trinajstić information content (AvgIpc) is 3.63. The van der Waals surface area contributed by atoms with Crippen LogP contribution in [0.5, 0.6) is 0 Å². The molecule has 1 rings (SSSR count). The number of hydrogen-bond acceptors (Lipinski definition) is 10. The Morgan fingerprint density at radius 3 is 1.09 bits per heavy atom. The van der Waals surface area contributed by atoms with E-state index in [1.165, 1.54) is 295 Å². The van der Waals surface area contributed by atoms with E-state index in [0.29, 0.717) is 19.4 Å². The number of esters is 1. The molecule has 0 radical (unpaired) electrons. The van der Waals surface area contributed by atoms with Gasteiger partial charge >= 0.3 is 5.97 Å². The summed E-state index contributed by atoms with van der Waals surface area (Å²) >= 11 is 0. The van der Waals surface area contributed by atoms with E-state index in [1.54, 1.807) is 6.08 Å². The monoisotopic (exact) mass is 1240 g/mol. The standard InChI is InChI=1S/C77H145NO10/c1-3-5-7-9-11-13-15-16-38-42-45-49-53-57-61-65-73(82)86-66-62-58-54-50-46-43-40-37-35-33-31-29-27-25-23-21-19-17-18-20-22-24-26-28-30-32-34-36-39-41-44-48-52-56-60-64-72(81)78-69(68-87-77-76(85)75(84)74(83)71(67-79)88-77)70(80)63-59-55-51-47-14-12-10-8-6-4-2/h16,19,21,38,59,63,69-71,74-77,79-80,83-85H,3-15,17-18,20,22-37,39-58,60-62,64-68H2,1-2H3,(H,78,81)/b21-19-,38-16-,63-59+. The Morgan fingerprint density at radius 1 is 0.409 bits per heavy atom. The number of rotatable bonds is 68. The SMILES string of the molecule is CCCCCCCC/C=C\CCCCCCCC(=O)OCCCCCCCCCCCCCCCC/C=C\CCCCCCCCCCCCCCCCCCCC(=O)NC(COC1OC(CO)C(O)C(O)C1O)C(O)/C=C/CCCCCCCCCC. The second-order valence-corrected chi connectivity index (χ2v) is 26.7. The number of amides is 1. The molecule has 1 aliphatic rings. The van der Waals surface area contributed by atoms with Gasteiger partial charge in [0.25, 0.3) is 0 Å². The van der Waals surface area contributed by atoms with E-state index in [1.807, 2.05) is 6.08 Å². The summed E-state index contributed by atoms with van der Waals surface area (Å²) in [5, 5.41) is 54.4. The zero-order valence-corrected chi connectivity index (χ0v) is 57.7. The zero-order chi connectivity index (χ0) is 63.7. The third kappa shape index (κ3) is 54.4. The Balaban J connectivity index is 1.88. The molecule has 6 N–H and O–H groups in total. The molecule has 1 fully saturated rings. The molecule has 0 aromatic heterocycles. The number of ether oxygens (including phenoxy) is 3. The molecule has 1 aliphatic heterocycles. The molecule has 0 spiro atoms. The summed E-state index contributed by atoms with van der Waals surface area (Å²) in [7, 11) is 0. The Labute approximate surface area is 543 Å². The molecule has 7 atom stereocenters. The molecule has 1 amide bonds. The Kier molecular flexibility index (Phi) is 63.2. The number of hydrogen-bond donors (Lipinski definition) is 6. The van der Waals surface area contributed by atoms with Gasteiger partial charge in [-0.1, -0.05) is 320 Å². The second-order valence-electron chi connectivity index (χ2n) is 26.7. The molecule has 0 aromatic rings. The van der Waals surface area contributed by atoms with Gasteiger partial charge in [0, 0.05) is 12.8 Å². The lowest BCUT2D eigenvalue weighted by molar-refractivity contribution is -0.302. The van der Waals surface area contributed by atoms with Crippen LogP contribution in [0.4, 0.5) is 0 Å². The Bertz CT molecular complexity index is 1560. The van der Waals surface area contributed by atoms with Crippen LogP contribution in [0.2, 0.25) is 0 Å². The molecule has 518 valence electrons. The van der Waals surface area contributed by atoms with Crippen molar-refractivity contribution in [1.29, 1.82) is 0 Å². The quantitative estimate of drug-likeness (QED) is 0.0195. The highest BCUT2D eigenvalue weighted by Gasteiger charge is 2.44.